The highest BCUT2D eigenvalue weighted by Gasteiger charge is 2.29. The number of halogens is 3. The summed E-state index contributed by atoms with van der Waals surface area (Å²) in [4.78, 5) is 0. The Bertz CT molecular complexity index is 243. The van der Waals surface area contributed by atoms with Crippen LogP contribution in [0.25, 0.3) is 0 Å². The van der Waals surface area contributed by atoms with Crippen molar-refractivity contribution in [3.05, 3.63) is 0 Å². The number of ether oxygens (including phenoxy) is 1. The summed E-state index contributed by atoms with van der Waals surface area (Å²) in [6.45, 7) is 5.62. The van der Waals surface area contributed by atoms with Gasteiger partial charge in [-0.1, -0.05) is 13.8 Å². The van der Waals surface area contributed by atoms with Crippen molar-refractivity contribution in [1.82, 2.24) is 5.32 Å². The van der Waals surface area contributed by atoms with Crippen LogP contribution in [0.3, 0.4) is 0 Å². The first-order valence-electron chi connectivity index (χ1n) is 6.61. The molecular weight excluding hydrogens is 243 g/mol. The number of hydrogen-bond donors (Lipinski definition) is 1. The van der Waals surface area contributed by atoms with Crippen LogP contribution in [-0.2, 0) is 4.74 Å². The summed E-state index contributed by atoms with van der Waals surface area (Å²) in [7, 11) is 0. The largest absolute Gasteiger partial charge is 0.401 e. The van der Waals surface area contributed by atoms with Crippen molar-refractivity contribution in [2.75, 3.05) is 13.1 Å². The van der Waals surface area contributed by atoms with E-state index in [-0.39, 0.29) is 18.8 Å². The second kappa shape index (κ2) is 6.24. The van der Waals surface area contributed by atoms with Crippen molar-refractivity contribution < 1.29 is 17.9 Å². The first kappa shape index (κ1) is 15.8. The van der Waals surface area contributed by atoms with E-state index in [1.54, 1.807) is 0 Å². The highest BCUT2D eigenvalue weighted by molar-refractivity contribution is 4.79. The highest BCUT2D eigenvalue weighted by atomic mass is 19.4. The lowest BCUT2D eigenvalue weighted by molar-refractivity contribution is -0.126. The van der Waals surface area contributed by atoms with Gasteiger partial charge in [0.2, 0.25) is 0 Å². The van der Waals surface area contributed by atoms with E-state index in [4.69, 9.17) is 4.74 Å². The van der Waals surface area contributed by atoms with E-state index >= 15 is 0 Å². The predicted octanol–water partition coefficient (Wildman–Crippen LogP) is 3.51. The van der Waals surface area contributed by atoms with Gasteiger partial charge in [-0.15, -0.1) is 0 Å². The first-order valence-corrected chi connectivity index (χ1v) is 6.61. The van der Waals surface area contributed by atoms with Crippen LogP contribution in [0.1, 0.15) is 46.5 Å². The highest BCUT2D eigenvalue weighted by Crippen LogP contribution is 2.36. The Kier molecular flexibility index (Phi) is 5.46. The first-order chi connectivity index (χ1) is 8.18. The summed E-state index contributed by atoms with van der Waals surface area (Å²) < 4.78 is 41.6. The average molecular weight is 267 g/mol. The van der Waals surface area contributed by atoms with Gasteiger partial charge in [0.15, 0.2) is 0 Å². The molecule has 0 saturated heterocycles. The Hall–Kier alpha value is -0.290. The average Bonchev–Trinajstić information content (AvgIpc) is 2.19. The normalized spacial score (nSPS) is 23.0. The van der Waals surface area contributed by atoms with E-state index in [0.29, 0.717) is 5.41 Å². The summed E-state index contributed by atoms with van der Waals surface area (Å²) >= 11 is 0. The van der Waals surface area contributed by atoms with Crippen molar-refractivity contribution in [2.45, 2.75) is 64.8 Å². The fourth-order valence-corrected chi connectivity index (χ4v) is 2.30. The summed E-state index contributed by atoms with van der Waals surface area (Å²) in [6.07, 6.45) is 0.169. The zero-order valence-corrected chi connectivity index (χ0v) is 11.4. The van der Waals surface area contributed by atoms with E-state index in [9.17, 15) is 13.2 Å². The van der Waals surface area contributed by atoms with Gasteiger partial charge in [0.1, 0.15) is 0 Å². The van der Waals surface area contributed by atoms with Crippen LogP contribution in [0, 0.1) is 5.41 Å². The lowest BCUT2D eigenvalue weighted by Crippen LogP contribution is -2.37. The molecule has 0 aliphatic heterocycles. The van der Waals surface area contributed by atoms with Crippen molar-refractivity contribution in [1.29, 1.82) is 0 Å². The number of nitrogens with one attached hydrogen (secondary N) is 1. The van der Waals surface area contributed by atoms with Crippen molar-refractivity contribution >= 4 is 0 Å². The Balaban J connectivity index is 2.15. The quantitative estimate of drug-likeness (QED) is 0.823. The van der Waals surface area contributed by atoms with Crippen LogP contribution in [0.2, 0.25) is 0 Å². The minimum absolute atomic E-state index is 0.168. The molecule has 2 nitrogen and oxygen atoms in total. The number of rotatable bonds is 5. The lowest BCUT2D eigenvalue weighted by Gasteiger charge is -2.35. The van der Waals surface area contributed by atoms with E-state index in [1.165, 1.54) is 0 Å². The van der Waals surface area contributed by atoms with Gasteiger partial charge in [0.25, 0.3) is 0 Å². The lowest BCUT2D eigenvalue weighted by atomic mass is 9.76. The Morgan fingerprint density at radius 1 is 1.28 bits per heavy atom. The third kappa shape index (κ3) is 6.59. The standard InChI is InChI=1S/C13H24F3NO/c1-10(8-17-9-13(14,15)16)18-11-4-6-12(2,3)7-5-11/h10-11,17H,4-9H2,1-3H3. The molecule has 0 aromatic heterocycles. The molecule has 1 aliphatic carbocycles. The van der Waals surface area contributed by atoms with Gasteiger partial charge in [-0.05, 0) is 38.0 Å². The second-order valence-corrected chi connectivity index (χ2v) is 6.06. The van der Waals surface area contributed by atoms with Crippen LogP contribution < -0.4 is 5.32 Å². The van der Waals surface area contributed by atoms with Gasteiger partial charge < -0.3 is 10.1 Å². The van der Waals surface area contributed by atoms with E-state index in [1.807, 2.05) is 6.92 Å². The molecule has 0 spiro atoms. The summed E-state index contributed by atoms with van der Waals surface area (Å²) in [5.41, 5.74) is 0.387. The molecule has 0 radical (unpaired) electrons. The SMILES string of the molecule is CC(CNCC(F)(F)F)OC1CCC(C)(C)CC1. The van der Waals surface area contributed by atoms with E-state index < -0.39 is 12.7 Å². The minimum atomic E-state index is -4.14. The van der Waals surface area contributed by atoms with Crippen LogP contribution in [-0.4, -0.2) is 31.5 Å². The fourth-order valence-electron chi connectivity index (χ4n) is 2.30. The van der Waals surface area contributed by atoms with Gasteiger partial charge in [-0.3, -0.25) is 0 Å². The van der Waals surface area contributed by atoms with Crippen LogP contribution in [0.4, 0.5) is 13.2 Å². The zero-order valence-electron chi connectivity index (χ0n) is 11.4. The number of alkyl halides is 3. The molecule has 108 valence electrons. The van der Waals surface area contributed by atoms with Gasteiger partial charge in [-0.2, -0.15) is 13.2 Å². The maximum absolute atomic E-state index is 11.9. The molecule has 0 amide bonds. The summed E-state index contributed by atoms with van der Waals surface area (Å²) in [5.74, 6) is 0. The molecule has 1 saturated carbocycles. The third-order valence-electron chi connectivity index (χ3n) is 3.47. The summed E-state index contributed by atoms with van der Waals surface area (Å²) in [5, 5.41) is 2.38. The summed E-state index contributed by atoms with van der Waals surface area (Å²) in [6, 6.07) is 0. The molecular formula is C13H24F3NO. The minimum Gasteiger partial charge on any atom is -0.374 e. The molecule has 1 atom stereocenters. The zero-order chi connectivity index (χ0) is 13.8. The smallest absolute Gasteiger partial charge is 0.374 e. The van der Waals surface area contributed by atoms with Crippen molar-refractivity contribution in [2.24, 2.45) is 5.41 Å². The molecule has 1 unspecified atom stereocenters. The monoisotopic (exact) mass is 267 g/mol. The van der Waals surface area contributed by atoms with Crippen molar-refractivity contribution in [3.63, 3.8) is 0 Å². The molecule has 1 aliphatic rings. The van der Waals surface area contributed by atoms with E-state index in [2.05, 4.69) is 19.2 Å². The molecule has 0 aromatic carbocycles. The molecule has 5 heteroatoms. The third-order valence-corrected chi connectivity index (χ3v) is 3.47. The molecule has 1 N–H and O–H groups in total. The van der Waals surface area contributed by atoms with Gasteiger partial charge in [-0.25, -0.2) is 0 Å². The molecule has 0 bridgehead atoms. The predicted molar refractivity (Wildman–Crippen MR) is 65.5 cm³/mol. The fraction of sp³-hybridized carbons (Fsp3) is 1.00. The van der Waals surface area contributed by atoms with Gasteiger partial charge >= 0.3 is 6.18 Å². The van der Waals surface area contributed by atoms with Crippen LogP contribution in [0.15, 0.2) is 0 Å². The van der Waals surface area contributed by atoms with Crippen LogP contribution >= 0.6 is 0 Å². The molecule has 0 aromatic rings. The Morgan fingerprint density at radius 3 is 2.33 bits per heavy atom. The molecule has 18 heavy (non-hydrogen) atoms. The number of hydrogen-bond acceptors (Lipinski definition) is 2. The molecule has 1 fully saturated rings. The van der Waals surface area contributed by atoms with Crippen LogP contribution in [0.5, 0.6) is 0 Å². The molecule has 1 rings (SSSR count). The van der Waals surface area contributed by atoms with Crippen molar-refractivity contribution in [3.8, 4) is 0 Å². The van der Waals surface area contributed by atoms with E-state index in [0.717, 1.165) is 25.7 Å². The Morgan fingerprint density at radius 2 is 1.83 bits per heavy atom. The topological polar surface area (TPSA) is 21.3 Å². The van der Waals surface area contributed by atoms with Gasteiger partial charge in [0.05, 0.1) is 18.8 Å². The molecule has 0 heterocycles. The van der Waals surface area contributed by atoms with Gasteiger partial charge in [0, 0.05) is 6.54 Å². The Labute approximate surface area is 107 Å². The maximum atomic E-state index is 11.9. The maximum Gasteiger partial charge on any atom is 0.401 e. The second-order valence-electron chi connectivity index (χ2n) is 6.06.